The van der Waals surface area contributed by atoms with Gasteiger partial charge in [-0.15, -0.1) is 0 Å². The van der Waals surface area contributed by atoms with Gasteiger partial charge in [0.15, 0.2) is 12.3 Å². The molecule has 0 bridgehead atoms. The second kappa shape index (κ2) is 6.89. The molecule has 8 nitrogen and oxygen atoms in total. The van der Waals surface area contributed by atoms with Crippen LogP contribution in [0.15, 0.2) is 42.6 Å². The number of hydrogen-bond donors (Lipinski definition) is 2. The van der Waals surface area contributed by atoms with Crippen molar-refractivity contribution >= 4 is 6.09 Å². The first-order chi connectivity index (χ1) is 13.7. The van der Waals surface area contributed by atoms with E-state index in [9.17, 15) is 15.1 Å². The van der Waals surface area contributed by atoms with E-state index >= 15 is 0 Å². The molecule has 1 saturated carbocycles. The smallest absolute Gasteiger partial charge is 0.405 e. The summed E-state index contributed by atoms with van der Waals surface area (Å²) in [7, 11) is 0. The molecular weight excluding hydrogens is 376 g/mol. The lowest BCUT2D eigenvalue weighted by atomic mass is 9.71. The van der Waals surface area contributed by atoms with Crippen LogP contribution in [0.25, 0.3) is 11.3 Å². The highest BCUT2D eigenvalue weighted by molar-refractivity contribution is 5.65. The normalized spacial score (nSPS) is 27.7. The van der Waals surface area contributed by atoms with Crippen LogP contribution in [0.2, 0.25) is 0 Å². The lowest BCUT2D eigenvalue weighted by Crippen LogP contribution is -2.64. The van der Waals surface area contributed by atoms with E-state index in [-0.39, 0.29) is 12.0 Å². The number of aliphatic hydroxyl groups excluding tert-OH is 1. The average Bonchev–Trinajstić information content (AvgIpc) is 2.64. The zero-order chi connectivity index (χ0) is 20.8. The minimum atomic E-state index is -1.34. The third-order valence-electron chi connectivity index (χ3n) is 5.45. The zero-order valence-electron chi connectivity index (χ0n) is 16.3. The molecule has 154 valence electrons. The number of pyridine rings is 1. The van der Waals surface area contributed by atoms with E-state index in [0.29, 0.717) is 24.3 Å². The molecule has 1 fully saturated rings. The minimum absolute atomic E-state index is 0.177. The fourth-order valence-corrected chi connectivity index (χ4v) is 4.35. The molecule has 2 aromatic rings. The molecule has 2 aliphatic rings. The first kappa shape index (κ1) is 19.5. The number of amides is 1. The van der Waals surface area contributed by atoms with Crippen molar-refractivity contribution < 1.29 is 28.8 Å². The number of primary amides is 1. The molecule has 3 N–H and O–H groups in total. The highest BCUT2D eigenvalue weighted by Crippen LogP contribution is 2.48. The van der Waals surface area contributed by atoms with Gasteiger partial charge in [-0.05, 0) is 36.1 Å². The number of aliphatic hydroxyl groups is 1. The summed E-state index contributed by atoms with van der Waals surface area (Å²) in [4.78, 5) is 11.4. The number of rotatable bonds is 2. The Morgan fingerprint density at radius 1 is 1.34 bits per heavy atom. The first-order valence-corrected chi connectivity index (χ1v) is 9.48. The summed E-state index contributed by atoms with van der Waals surface area (Å²) >= 11 is 0. The molecule has 8 heteroatoms. The summed E-state index contributed by atoms with van der Waals surface area (Å²) in [5.41, 5.74) is 6.93. The molecule has 1 aromatic carbocycles. The Morgan fingerprint density at radius 2 is 2.14 bits per heavy atom. The van der Waals surface area contributed by atoms with Crippen molar-refractivity contribution in [2.75, 3.05) is 0 Å². The number of carbonyl (C=O) groups excluding carboxylic acids is 1. The van der Waals surface area contributed by atoms with Crippen molar-refractivity contribution in [3.8, 4) is 17.0 Å². The SMILES string of the molecule is CC1(C)C[C@@H](O)[C@@H](OC(N)=O)[C@]2(C1)OCc1cc(-c3cccc[n+]3[O-])ccc1O2. The van der Waals surface area contributed by atoms with Crippen LogP contribution in [0.1, 0.15) is 32.3 Å². The van der Waals surface area contributed by atoms with Gasteiger partial charge in [0.05, 0.1) is 12.7 Å². The summed E-state index contributed by atoms with van der Waals surface area (Å²) in [6.07, 6.45) is -0.744. The maximum absolute atomic E-state index is 12.0. The van der Waals surface area contributed by atoms with Crippen molar-refractivity contribution in [1.29, 1.82) is 0 Å². The second-order valence-electron chi connectivity index (χ2n) is 8.41. The van der Waals surface area contributed by atoms with Crippen LogP contribution in [0.3, 0.4) is 0 Å². The van der Waals surface area contributed by atoms with Crippen molar-refractivity contribution in [3.63, 3.8) is 0 Å². The lowest BCUT2D eigenvalue weighted by Gasteiger charge is -2.51. The van der Waals surface area contributed by atoms with E-state index in [1.807, 2.05) is 19.9 Å². The third kappa shape index (κ3) is 3.61. The summed E-state index contributed by atoms with van der Waals surface area (Å²) in [5, 5.41) is 22.7. The first-order valence-electron chi connectivity index (χ1n) is 9.48. The number of aromatic nitrogens is 1. The summed E-state index contributed by atoms with van der Waals surface area (Å²) in [5.74, 6) is -0.785. The molecule has 29 heavy (non-hydrogen) atoms. The van der Waals surface area contributed by atoms with E-state index in [1.165, 1.54) is 6.20 Å². The number of ether oxygens (including phenoxy) is 3. The van der Waals surface area contributed by atoms with Gasteiger partial charge in [0.25, 0.3) is 5.79 Å². The predicted octanol–water partition coefficient (Wildman–Crippen LogP) is 2.24. The van der Waals surface area contributed by atoms with Gasteiger partial charge >= 0.3 is 6.09 Å². The van der Waals surface area contributed by atoms with Gasteiger partial charge in [0.1, 0.15) is 5.75 Å². The van der Waals surface area contributed by atoms with Gasteiger partial charge in [0.2, 0.25) is 5.69 Å². The van der Waals surface area contributed by atoms with Gasteiger partial charge < -0.3 is 30.3 Å². The maximum Gasteiger partial charge on any atom is 0.405 e. The van der Waals surface area contributed by atoms with Crippen LogP contribution in [0.5, 0.6) is 5.75 Å². The molecule has 0 radical (unpaired) electrons. The standard InChI is InChI=1S/C21H24N2O6/c1-20(2)10-16(24)18(28-19(22)25)21(12-20)27-11-14-9-13(6-7-17(14)29-21)15-5-3-4-8-23(15)26/h3-9,16,18,24H,10-12H2,1-2H3,(H2,22,25)/t16-,18-,21-/m1/s1. The van der Waals surface area contributed by atoms with Crippen LogP contribution >= 0.6 is 0 Å². The van der Waals surface area contributed by atoms with Crippen LogP contribution in [-0.2, 0) is 16.1 Å². The van der Waals surface area contributed by atoms with Crippen LogP contribution in [0.4, 0.5) is 4.79 Å². The summed E-state index contributed by atoms with van der Waals surface area (Å²) in [6.45, 7) is 4.16. The molecule has 1 aromatic heterocycles. The molecule has 2 heterocycles. The quantitative estimate of drug-likeness (QED) is 0.590. The highest BCUT2D eigenvalue weighted by atomic mass is 16.7. The molecule has 0 saturated heterocycles. The number of benzene rings is 1. The van der Waals surface area contributed by atoms with Gasteiger partial charge in [0, 0.05) is 29.7 Å². The maximum atomic E-state index is 12.0. The minimum Gasteiger partial charge on any atom is -0.618 e. The van der Waals surface area contributed by atoms with Gasteiger partial charge in [-0.1, -0.05) is 13.8 Å². The predicted molar refractivity (Wildman–Crippen MR) is 102 cm³/mol. The van der Waals surface area contributed by atoms with Gasteiger partial charge in [-0.3, -0.25) is 0 Å². The van der Waals surface area contributed by atoms with Crippen LogP contribution in [0, 0.1) is 10.6 Å². The molecule has 1 spiro atoms. The van der Waals surface area contributed by atoms with Crippen LogP contribution < -0.4 is 15.2 Å². The number of carbonyl (C=O) groups is 1. The zero-order valence-corrected chi connectivity index (χ0v) is 16.3. The van der Waals surface area contributed by atoms with Crippen molar-refractivity contribution in [2.24, 2.45) is 11.1 Å². The Labute approximate surface area is 168 Å². The van der Waals surface area contributed by atoms with E-state index < -0.39 is 24.1 Å². The summed E-state index contributed by atoms with van der Waals surface area (Å²) in [6, 6.07) is 10.6. The second-order valence-corrected chi connectivity index (χ2v) is 8.41. The fraction of sp³-hybridized carbons (Fsp3) is 0.429. The lowest BCUT2D eigenvalue weighted by molar-refractivity contribution is -0.593. The Morgan fingerprint density at radius 3 is 2.86 bits per heavy atom. The molecule has 1 aliphatic carbocycles. The Balaban J connectivity index is 1.69. The van der Waals surface area contributed by atoms with Crippen LogP contribution in [-0.4, -0.2) is 29.2 Å². The number of nitrogens with two attached hydrogens (primary N) is 1. The van der Waals surface area contributed by atoms with E-state index in [4.69, 9.17) is 19.9 Å². The fourth-order valence-electron chi connectivity index (χ4n) is 4.35. The molecule has 1 aliphatic heterocycles. The molecule has 3 atom stereocenters. The number of nitrogens with zero attached hydrogens (tertiary/aromatic N) is 1. The monoisotopic (exact) mass is 400 g/mol. The average molecular weight is 400 g/mol. The molecular formula is C21H24N2O6. The number of hydrogen-bond acceptors (Lipinski definition) is 6. The van der Waals surface area contributed by atoms with Crippen molar-refractivity contribution in [1.82, 2.24) is 0 Å². The van der Waals surface area contributed by atoms with E-state index in [1.54, 1.807) is 30.3 Å². The highest BCUT2D eigenvalue weighted by Gasteiger charge is 2.58. The Bertz CT molecular complexity index is 947. The Kier molecular flexibility index (Phi) is 4.63. The molecule has 4 rings (SSSR count). The van der Waals surface area contributed by atoms with Gasteiger partial charge in [-0.2, -0.15) is 4.73 Å². The molecule has 1 amide bonds. The third-order valence-corrected chi connectivity index (χ3v) is 5.45. The number of fused-ring (bicyclic) bond motifs is 1. The van der Waals surface area contributed by atoms with Crippen molar-refractivity contribution in [3.05, 3.63) is 53.4 Å². The topological polar surface area (TPSA) is 118 Å². The molecule has 0 unspecified atom stereocenters. The van der Waals surface area contributed by atoms with E-state index in [2.05, 4.69) is 0 Å². The summed E-state index contributed by atoms with van der Waals surface area (Å²) < 4.78 is 18.3. The largest absolute Gasteiger partial charge is 0.618 e. The Hall–Kier alpha value is -2.84. The van der Waals surface area contributed by atoms with E-state index in [0.717, 1.165) is 15.9 Å². The van der Waals surface area contributed by atoms with Gasteiger partial charge in [-0.25, -0.2) is 4.79 Å². The van der Waals surface area contributed by atoms with Crippen molar-refractivity contribution in [2.45, 2.75) is 51.3 Å².